The van der Waals surface area contributed by atoms with Crippen molar-refractivity contribution in [3.63, 3.8) is 0 Å². The molecule has 5 heteroatoms. The first-order chi connectivity index (χ1) is 7.60. The van der Waals surface area contributed by atoms with Crippen LogP contribution in [0.4, 0.5) is 5.69 Å². The molecule has 0 saturated heterocycles. The Bertz CT molecular complexity index is 393. The van der Waals surface area contributed by atoms with Gasteiger partial charge in [0.1, 0.15) is 0 Å². The van der Waals surface area contributed by atoms with Crippen molar-refractivity contribution in [2.75, 3.05) is 18.5 Å². The van der Waals surface area contributed by atoms with E-state index < -0.39 is 0 Å². The minimum Gasteiger partial charge on any atom is -0.409 e. The van der Waals surface area contributed by atoms with Crippen LogP contribution in [-0.4, -0.2) is 24.6 Å². The first kappa shape index (κ1) is 12.6. The zero-order valence-electron chi connectivity index (χ0n) is 9.44. The molecule has 1 aromatic rings. The number of rotatable bonds is 4. The van der Waals surface area contributed by atoms with E-state index in [1.54, 1.807) is 12.1 Å². The Labute approximate surface area is 100 Å². The van der Waals surface area contributed by atoms with Crippen molar-refractivity contribution >= 4 is 23.1 Å². The van der Waals surface area contributed by atoms with E-state index in [0.717, 1.165) is 18.7 Å². The molecule has 0 aliphatic rings. The summed E-state index contributed by atoms with van der Waals surface area (Å²) in [5, 5.41) is 12.1. The largest absolute Gasteiger partial charge is 0.409 e. The van der Waals surface area contributed by atoms with E-state index in [2.05, 4.69) is 17.0 Å². The van der Waals surface area contributed by atoms with Crippen LogP contribution in [0, 0.1) is 0 Å². The summed E-state index contributed by atoms with van der Waals surface area (Å²) in [6, 6.07) is 5.34. The molecule has 0 aromatic heterocycles. The summed E-state index contributed by atoms with van der Waals surface area (Å²) in [6.45, 7) is 3.04. The second kappa shape index (κ2) is 5.61. The fourth-order valence-electron chi connectivity index (χ4n) is 1.49. The first-order valence-electron chi connectivity index (χ1n) is 5.08. The van der Waals surface area contributed by atoms with Crippen LogP contribution in [-0.2, 0) is 0 Å². The van der Waals surface area contributed by atoms with Crippen LogP contribution >= 0.6 is 11.6 Å². The van der Waals surface area contributed by atoms with Gasteiger partial charge in [-0.1, -0.05) is 23.7 Å². The molecule has 1 rings (SSSR count). The van der Waals surface area contributed by atoms with Crippen LogP contribution < -0.4 is 10.6 Å². The maximum Gasteiger partial charge on any atom is 0.170 e. The molecule has 0 heterocycles. The highest BCUT2D eigenvalue weighted by Gasteiger charge is 2.07. The molecule has 0 amide bonds. The van der Waals surface area contributed by atoms with Crippen molar-refractivity contribution in [1.82, 2.24) is 0 Å². The zero-order chi connectivity index (χ0) is 12.1. The first-order valence-corrected chi connectivity index (χ1v) is 5.46. The molecule has 1 aromatic carbocycles. The number of amidine groups is 1. The van der Waals surface area contributed by atoms with Crippen LogP contribution in [0.1, 0.15) is 18.9 Å². The highest BCUT2D eigenvalue weighted by Crippen LogP contribution is 2.26. The number of oxime groups is 1. The summed E-state index contributed by atoms with van der Waals surface area (Å²) in [5.74, 6) is 0.0617. The van der Waals surface area contributed by atoms with Gasteiger partial charge in [-0.25, -0.2) is 0 Å². The van der Waals surface area contributed by atoms with Gasteiger partial charge in [0.2, 0.25) is 0 Å². The molecule has 4 nitrogen and oxygen atoms in total. The summed E-state index contributed by atoms with van der Waals surface area (Å²) in [6.07, 6.45) is 1.05. The lowest BCUT2D eigenvalue weighted by Crippen LogP contribution is -2.19. The Balaban J connectivity index is 3.00. The minimum atomic E-state index is 0.0617. The van der Waals surface area contributed by atoms with Gasteiger partial charge >= 0.3 is 0 Å². The number of halogens is 1. The fraction of sp³-hybridized carbons (Fsp3) is 0.364. The van der Waals surface area contributed by atoms with Gasteiger partial charge in [0, 0.05) is 19.2 Å². The molecule has 0 atom stereocenters. The van der Waals surface area contributed by atoms with E-state index in [0.29, 0.717) is 10.6 Å². The van der Waals surface area contributed by atoms with Gasteiger partial charge in [-0.3, -0.25) is 0 Å². The average molecular weight is 242 g/mol. The molecule has 0 radical (unpaired) electrons. The minimum absolute atomic E-state index is 0.0617. The van der Waals surface area contributed by atoms with Gasteiger partial charge in [0.25, 0.3) is 0 Å². The zero-order valence-corrected chi connectivity index (χ0v) is 10.2. The van der Waals surface area contributed by atoms with Crippen LogP contribution in [0.15, 0.2) is 23.4 Å². The van der Waals surface area contributed by atoms with Crippen LogP contribution in [0.25, 0.3) is 0 Å². The lowest BCUT2D eigenvalue weighted by molar-refractivity contribution is 0.318. The normalized spacial score (nSPS) is 11.6. The number of hydrogen-bond acceptors (Lipinski definition) is 3. The van der Waals surface area contributed by atoms with Crippen molar-refractivity contribution in [1.29, 1.82) is 0 Å². The third-order valence-electron chi connectivity index (χ3n) is 2.32. The Hall–Kier alpha value is -1.42. The Morgan fingerprint density at radius 3 is 2.75 bits per heavy atom. The molecule has 0 aliphatic carbocycles. The maximum absolute atomic E-state index is 8.55. The third kappa shape index (κ3) is 2.79. The van der Waals surface area contributed by atoms with Crippen LogP contribution in [0.3, 0.4) is 0 Å². The molecule has 16 heavy (non-hydrogen) atoms. The predicted molar refractivity (Wildman–Crippen MR) is 67.5 cm³/mol. The quantitative estimate of drug-likeness (QED) is 0.368. The van der Waals surface area contributed by atoms with Crippen molar-refractivity contribution < 1.29 is 5.21 Å². The van der Waals surface area contributed by atoms with Gasteiger partial charge < -0.3 is 15.8 Å². The van der Waals surface area contributed by atoms with Gasteiger partial charge in [0.15, 0.2) is 5.84 Å². The van der Waals surface area contributed by atoms with Crippen LogP contribution in [0.5, 0.6) is 0 Å². The molecule has 0 fully saturated rings. The highest BCUT2D eigenvalue weighted by molar-refractivity contribution is 6.33. The molecular formula is C11H16ClN3O. The van der Waals surface area contributed by atoms with Crippen molar-refractivity contribution in [3.05, 3.63) is 28.8 Å². The van der Waals surface area contributed by atoms with Gasteiger partial charge in [-0.05, 0) is 24.6 Å². The molecule has 88 valence electrons. The monoisotopic (exact) mass is 241 g/mol. The van der Waals surface area contributed by atoms with Gasteiger partial charge in [0.05, 0.1) is 10.7 Å². The standard InChI is InChI=1S/C11H16ClN3O/c1-3-6-15(2)10-5-4-8(7-9(10)12)11(13)14-16/h4-5,7,16H,3,6H2,1-2H3,(H2,13,14). The molecule has 3 N–H and O–H groups in total. The topological polar surface area (TPSA) is 61.8 Å². The lowest BCUT2D eigenvalue weighted by Gasteiger charge is -2.20. The van der Waals surface area contributed by atoms with E-state index in [9.17, 15) is 0 Å². The molecule has 0 aliphatic heterocycles. The fourth-order valence-corrected chi connectivity index (χ4v) is 1.81. The number of nitrogens with two attached hydrogens (primary N) is 1. The molecule has 0 saturated carbocycles. The van der Waals surface area contributed by atoms with E-state index in [-0.39, 0.29) is 5.84 Å². The molecule has 0 unspecified atom stereocenters. The maximum atomic E-state index is 8.55. The molecule has 0 spiro atoms. The summed E-state index contributed by atoms with van der Waals surface area (Å²) < 4.78 is 0. The number of nitrogens with zero attached hydrogens (tertiary/aromatic N) is 2. The van der Waals surface area contributed by atoms with Crippen molar-refractivity contribution in [3.8, 4) is 0 Å². The number of benzene rings is 1. The smallest absolute Gasteiger partial charge is 0.170 e. The lowest BCUT2D eigenvalue weighted by atomic mass is 10.2. The van der Waals surface area contributed by atoms with E-state index >= 15 is 0 Å². The highest BCUT2D eigenvalue weighted by atomic mass is 35.5. The van der Waals surface area contributed by atoms with E-state index in [1.807, 2.05) is 13.1 Å². The number of anilines is 1. The predicted octanol–water partition coefficient (Wildman–Crippen LogP) is 2.28. The molecular weight excluding hydrogens is 226 g/mol. The summed E-state index contributed by atoms with van der Waals surface area (Å²) in [7, 11) is 1.98. The van der Waals surface area contributed by atoms with E-state index in [1.165, 1.54) is 0 Å². The summed E-state index contributed by atoms with van der Waals surface area (Å²) in [4.78, 5) is 2.07. The average Bonchev–Trinajstić information content (AvgIpc) is 2.28. The Kier molecular flexibility index (Phi) is 4.43. The van der Waals surface area contributed by atoms with Crippen molar-refractivity contribution in [2.45, 2.75) is 13.3 Å². The summed E-state index contributed by atoms with van der Waals surface area (Å²) >= 11 is 6.13. The van der Waals surface area contributed by atoms with Crippen LogP contribution in [0.2, 0.25) is 5.02 Å². The van der Waals surface area contributed by atoms with Crippen molar-refractivity contribution in [2.24, 2.45) is 10.9 Å². The SMILES string of the molecule is CCCN(C)c1ccc(C(N)=NO)cc1Cl. The second-order valence-electron chi connectivity index (χ2n) is 3.57. The third-order valence-corrected chi connectivity index (χ3v) is 2.62. The van der Waals surface area contributed by atoms with Gasteiger partial charge in [-0.15, -0.1) is 0 Å². The second-order valence-corrected chi connectivity index (χ2v) is 3.98. The Morgan fingerprint density at radius 1 is 1.56 bits per heavy atom. The Morgan fingerprint density at radius 2 is 2.25 bits per heavy atom. The molecule has 0 bridgehead atoms. The van der Waals surface area contributed by atoms with Gasteiger partial charge in [-0.2, -0.15) is 0 Å². The summed E-state index contributed by atoms with van der Waals surface area (Å²) in [5.41, 5.74) is 7.03. The number of hydrogen-bond donors (Lipinski definition) is 2. The van der Waals surface area contributed by atoms with E-state index in [4.69, 9.17) is 22.5 Å².